The summed E-state index contributed by atoms with van der Waals surface area (Å²) in [5.74, 6) is -9.01. The summed E-state index contributed by atoms with van der Waals surface area (Å²) in [5, 5.41) is 23.3. The fourth-order valence-electron chi connectivity index (χ4n) is 9.53. The predicted molar refractivity (Wildman–Crippen MR) is 187 cm³/mol. The molecular formula is C42H44O7. The van der Waals surface area contributed by atoms with Crippen molar-refractivity contribution in [1.82, 2.24) is 0 Å². The van der Waals surface area contributed by atoms with E-state index in [1.54, 1.807) is 33.8 Å². The molecule has 3 unspecified atom stereocenters. The van der Waals surface area contributed by atoms with E-state index < -0.39 is 69.0 Å². The summed E-state index contributed by atoms with van der Waals surface area (Å²) in [6.45, 7) is 14.4. The molecule has 254 valence electrons. The van der Waals surface area contributed by atoms with E-state index in [4.69, 9.17) is 0 Å². The quantitative estimate of drug-likeness (QED) is 0.274. The molecule has 0 saturated heterocycles. The molecule has 6 atom stereocenters. The number of carbonyl (C=O) groups is 5. The van der Waals surface area contributed by atoms with Gasteiger partial charge in [-0.1, -0.05) is 95.8 Å². The van der Waals surface area contributed by atoms with E-state index in [2.05, 4.69) is 37.8 Å². The molecule has 0 heterocycles. The van der Waals surface area contributed by atoms with E-state index in [1.165, 1.54) is 11.6 Å². The Labute approximate surface area is 287 Å². The molecule has 6 rings (SSSR count). The first-order chi connectivity index (χ1) is 23.0. The monoisotopic (exact) mass is 660 g/mol. The van der Waals surface area contributed by atoms with Crippen molar-refractivity contribution in [3.63, 3.8) is 0 Å². The lowest BCUT2D eigenvalue weighted by Gasteiger charge is -2.61. The van der Waals surface area contributed by atoms with Crippen molar-refractivity contribution < 1.29 is 34.2 Å². The Kier molecular flexibility index (Phi) is 8.30. The van der Waals surface area contributed by atoms with E-state index in [0.29, 0.717) is 12.0 Å². The lowest BCUT2D eigenvalue weighted by Crippen LogP contribution is -2.76. The molecule has 49 heavy (non-hydrogen) atoms. The molecule has 2 saturated carbocycles. The average Bonchev–Trinajstić information content (AvgIpc) is 3.03. The number of fused-ring (bicyclic) bond motifs is 3. The van der Waals surface area contributed by atoms with Gasteiger partial charge in [0.05, 0.1) is 11.5 Å². The van der Waals surface area contributed by atoms with Gasteiger partial charge in [0.25, 0.3) is 0 Å². The zero-order valence-corrected chi connectivity index (χ0v) is 29.1. The molecule has 0 amide bonds. The lowest BCUT2D eigenvalue weighted by atomic mass is 9.40. The number of hydrogen-bond acceptors (Lipinski definition) is 7. The van der Waals surface area contributed by atoms with Crippen LogP contribution in [-0.2, 0) is 38.4 Å². The summed E-state index contributed by atoms with van der Waals surface area (Å²) in [4.78, 5) is 69.2. The standard InChI is InChI=1S/C42H44O7/c1-8-25-9-13-27(14-10-25)23(4)19-26-11-15-28(16-12-26)29-17-18-31(44)33-30(29)20-40(6)21-41(7)34(22(2)3)36(45)32(24(5)43)38(47)42(41,49)39(48)35(40)37(33)46/h9-18,22,32,34-35,44,49H,4,8,19-21H2,1-3,5-7H3/t32?,34?,35?,40-,41-,42+/m1/s1. The van der Waals surface area contributed by atoms with Crippen LogP contribution in [-0.4, -0.2) is 44.7 Å². The Balaban J connectivity index is 1.39. The van der Waals surface area contributed by atoms with Crippen molar-refractivity contribution in [2.75, 3.05) is 0 Å². The first-order valence-corrected chi connectivity index (χ1v) is 17.1. The van der Waals surface area contributed by atoms with Crippen LogP contribution in [0.1, 0.15) is 80.6 Å². The molecule has 3 aliphatic rings. The topological polar surface area (TPSA) is 126 Å². The molecular weight excluding hydrogens is 616 g/mol. The van der Waals surface area contributed by atoms with Crippen LogP contribution in [0.5, 0.6) is 5.75 Å². The minimum absolute atomic E-state index is 0.00336. The number of aryl methyl sites for hydroxylation is 1. The zero-order valence-electron chi connectivity index (χ0n) is 29.1. The Morgan fingerprint density at radius 2 is 1.53 bits per heavy atom. The van der Waals surface area contributed by atoms with Crippen LogP contribution in [0.3, 0.4) is 0 Å². The summed E-state index contributed by atoms with van der Waals surface area (Å²) in [5.41, 5.74) is 1.16. The molecule has 3 aliphatic carbocycles. The van der Waals surface area contributed by atoms with Crippen LogP contribution >= 0.6 is 0 Å². The minimum Gasteiger partial charge on any atom is -0.507 e. The molecule has 0 aromatic heterocycles. The highest BCUT2D eigenvalue weighted by Crippen LogP contribution is 2.64. The molecule has 0 bridgehead atoms. The van der Waals surface area contributed by atoms with E-state index in [-0.39, 0.29) is 24.2 Å². The number of phenols is 1. The molecule has 0 spiro atoms. The predicted octanol–water partition coefficient (Wildman–Crippen LogP) is 6.58. The van der Waals surface area contributed by atoms with Crippen LogP contribution in [0, 0.1) is 34.5 Å². The van der Waals surface area contributed by atoms with Crippen LogP contribution in [0.2, 0.25) is 0 Å². The van der Waals surface area contributed by atoms with Crippen molar-refractivity contribution in [3.05, 3.63) is 95.1 Å². The second-order valence-corrected chi connectivity index (χ2v) is 15.3. The maximum Gasteiger partial charge on any atom is 0.190 e. The largest absolute Gasteiger partial charge is 0.507 e. The van der Waals surface area contributed by atoms with Gasteiger partial charge in [0.2, 0.25) is 0 Å². The van der Waals surface area contributed by atoms with E-state index in [0.717, 1.165) is 41.2 Å². The number of Topliss-reactive ketones (excluding diaryl/α,β-unsaturated/α-hetero) is 5. The normalized spacial score (nSPS) is 29.3. The van der Waals surface area contributed by atoms with Crippen LogP contribution in [0.4, 0.5) is 0 Å². The van der Waals surface area contributed by atoms with Gasteiger partial charge in [-0.05, 0) is 89.0 Å². The Bertz CT molecular complexity index is 1930. The van der Waals surface area contributed by atoms with E-state index in [9.17, 15) is 34.2 Å². The minimum atomic E-state index is -2.71. The van der Waals surface area contributed by atoms with Crippen molar-refractivity contribution >= 4 is 34.5 Å². The third-order valence-corrected chi connectivity index (χ3v) is 11.7. The van der Waals surface area contributed by atoms with Gasteiger partial charge in [0, 0.05) is 11.3 Å². The third kappa shape index (κ3) is 5.00. The Hall–Kier alpha value is -4.49. The Morgan fingerprint density at radius 3 is 2.10 bits per heavy atom. The van der Waals surface area contributed by atoms with Gasteiger partial charge in [-0.15, -0.1) is 0 Å². The van der Waals surface area contributed by atoms with Gasteiger partial charge in [-0.2, -0.15) is 0 Å². The van der Waals surface area contributed by atoms with Gasteiger partial charge in [-0.3, -0.25) is 24.0 Å². The van der Waals surface area contributed by atoms with Crippen LogP contribution in [0.15, 0.2) is 67.2 Å². The first-order valence-electron chi connectivity index (χ1n) is 17.1. The summed E-state index contributed by atoms with van der Waals surface area (Å²) in [6.07, 6.45) is 1.83. The van der Waals surface area contributed by atoms with Gasteiger partial charge in [-0.25, -0.2) is 0 Å². The fourth-order valence-corrected chi connectivity index (χ4v) is 9.53. The van der Waals surface area contributed by atoms with Crippen molar-refractivity contribution in [3.8, 4) is 16.9 Å². The highest BCUT2D eigenvalue weighted by atomic mass is 16.3. The zero-order chi connectivity index (χ0) is 35.8. The second kappa shape index (κ2) is 11.8. The maximum absolute atomic E-state index is 14.5. The number of allylic oxidation sites excluding steroid dienone is 1. The van der Waals surface area contributed by atoms with Gasteiger partial charge in [0.1, 0.15) is 17.5 Å². The number of phenolic OH excluding ortho intramolecular Hbond substituents is 1. The second-order valence-electron chi connectivity index (χ2n) is 15.3. The van der Waals surface area contributed by atoms with E-state index in [1.807, 2.05) is 24.3 Å². The molecule has 7 heteroatoms. The average molecular weight is 661 g/mol. The molecule has 3 aromatic carbocycles. The van der Waals surface area contributed by atoms with Gasteiger partial charge >= 0.3 is 0 Å². The molecule has 2 fully saturated rings. The van der Waals surface area contributed by atoms with Gasteiger partial charge in [0.15, 0.2) is 28.7 Å². The van der Waals surface area contributed by atoms with E-state index >= 15 is 0 Å². The molecule has 0 radical (unpaired) electrons. The molecule has 3 aromatic rings. The summed E-state index contributed by atoms with van der Waals surface area (Å²) >= 11 is 0. The fraction of sp³-hybridized carbons (Fsp3) is 0.405. The summed E-state index contributed by atoms with van der Waals surface area (Å²) < 4.78 is 0. The number of carbonyl (C=O) groups excluding carboxylic acids is 5. The number of benzene rings is 3. The van der Waals surface area contributed by atoms with Crippen molar-refractivity contribution in [1.29, 1.82) is 0 Å². The van der Waals surface area contributed by atoms with Crippen LogP contribution in [0.25, 0.3) is 16.7 Å². The van der Waals surface area contributed by atoms with Crippen molar-refractivity contribution in [2.24, 2.45) is 34.5 Å². The van der Waals surface area contributed by atoms with Crippen molar-refractivity contribution in [2.45, 2.75) is 72.8 Å². The third-order valence-electron chi connectivity index (χ3n) is 11.7. The molecule has 0 aliphatic heterocycles. The summed E-state index contributed by atoms with van der Waals surface area (Å²) in [6, 6.07) is 19.6. The Morgan fingerprint density at radius 1 is 0.918 bits per heavy atom. The van der Waals surface area contributed by atoms with Crippen LogP contribution < -0.4 is 0 Å². The number of hydrogen-bond donors (Lipinski definition) is 2. The number of rotatable bonds is 7. The smallest absolute Gasteiger partial charge is 0.190 e. The highest BCUT2D eigenvalue weighted by molar-refractivity contribution is 6.32. The number of ketones is 5. The summed E-state index contributed by atoms with van der Waals surface area (Å²) in [7, 11) is 0. The highest BCUT2D eigenvalue weighted by Gasteiger charge is 2.76. The number of aliphatic hydroxyl groups is 1. The van der Waals surface area contributed by atoms with Gasteiger partial charge < -0.3 is 10.2 Å². The number of aromatic hydroxyl groups is 1. The lowest BCUT2D eigenvalue weighted by molar-refractivity contribution is -0.205. The molecule has 7 nitrogen and oxygen atoms in total. The SMILES string of the molecule is C=C(Cc1ccc(-c2ccc(O)c3c2C[C@]2(C)C[C@]4(C)C(C(C)C)C(=O)C(C(C)=O)C(=O)[C@]4(O)C(=O)C2C3=O)cc1)c1ccc(CC)cc1. The maximum atomic E-state index is 14.5. The first kappa shape index (κ1) is 34.4. The molecule has 2 N–H and O–H groups in total.